The Labute approximate surface area is 208 Å². The molecule has 6 nitrogen and oxygen atoms in total. The van der Waals surface area contributed by atoms with E-state index in [1.807, 2.05) is 41.8 Å². The maximum Gasteiger partial charge on any atom is 0.347 e. The number of benzene rings is 3. The minimum atomic E-state index is -1.40. The number of hydrogen-bond donors (Lipinski definition) is 1. The molecule has 1 heterocycles. The average molecular weight is 492 g/mol. The van der Waals surface area contributed by atoms with Gasteiger partial charge in [0.2, 0.25) is 0 Å². The lowest BCUT2D eigenvalue weighted by Gasteiger charge is -2.21. The van der Waals surface area contributed by atoms with Crippen LogP contribution in [0.3, 0.4) is 0 Å². The smallest absolute Gasteiger partial charge is 0.347 e. The Kier molecular flexibility index (Phi) is 6.59. The van der Waals surface area contributed by atoms with Crippen LogP contribution in [0.25, 0.3) is 10.9 Å². The summed E-state index contributed by atoms with van der Waals surface area (Å²) < 4.78 is 13.0. The lowest BCUT2D eigenvalue weighted by molar-refractivity contribution is -0.152. The average Bonchev–Trinajstić information content (AvgIpc) is 3.10. The van der Waals surface area contributed by atoms with Gasteiger partial charge in [0.15, 0.2) is 11.4 Å². The largest absolute Gasteiger partial charge is 0.497 e. The molecule has 0 amide bonds. The fraction of sp³-hybridized carbons (Fsp3) is 0.214. The van der Waals surface area contributed by atoms with E-state index < -0.39 is 11.6 Å². The molecule has 0 spiro atoms. The number of halogens is 1. The first kappa shape index (κ1) is 24.4. The van der Waals surface area contributed by atoms with Crippen LogP contribution < -0.4 is 9.47 Å². The number of ketones is 1. The Morgan fingerprint density at radius 3 is 2.20 bits per heavy atom. The second-order valence-corrected chi connectivity index (χ2v) is 9.26. The predicted molar refractivity (Wildman–Crippen MR) is 136 cm³/mol. The van der Waals surface area contributed by atoms with Gasteiger partial charge in [0, 0.05) is 34.3 Å². The molecule has 4 aromatic rings. The van der Waals surface area contributed by atoms with E-state index in [0.717, 1.165) is 22.2 Å². The summed E-state index contributed by atoms with van der Waals surface area (Å²) in [6, 6.07) is 19.8. The Morgan fingerprint density at radius 1 is 0.971 bits per heavy atom. The topological polar surface area (TPSA) is 77.8 Å². The van der Waals surface area contributed by atoms with Gasteiger partial charge >= 0.3 is 5.97 Å². The summed E-state index contributed by atoms with van der Waals surface area (Å²) in [5.41, 5.74) is 2.31. The van der Waals surface area contributed by atoms with Gasteiger partial charge in [-0.2, -0.15) is 0 Å². The number of carboxylic acids is 1. The van der Waals surface area contributed by atoms with Crippen molar-refractivity contribution in [1.82, 2.24) is 4.57 Å². The Morgan fingerprint density at radius 2 is 1.60 bits per heavy atom. The van der Waals surface area contributed by atoms with Gasteiger partial charge in [-0.15, -0.1) is 0 Å². The van der Waals surface area contributed by atoms with E-state index in [4.69, 9.17) is 21.1 Å². The molecule has 0 aliphatic heterocycles. The Balaban J connectivity index is 1.85. The lowest BCUT2D eigenvalue weighted by Crippen LogP contribution is -2.37. The standard InChI is InChI=1S/C28H26ClNO5/c1-17-25(26(31)19-7-11-21(34-4)12-8-19)23-14-13-22(35-28(2,3)27(32)33)15-24(23)30(17)16-18-5-9-20(29)10-6-18/h5-15H,16H2,1-4H3,(H,32,33). The fourth-order valence-electron chi connectivity index (χ4n) is 4.01. The summed E-state index contributed by atoms with van der Waals surface area (Å²) in [5, 5.41) is 10.9. The summed E-state index contributed by atoms with van der Waals surface area (Å²) >= 11 is 6.06. The van der Waals surface area contributed by atoms with Gasteiger partial charge in [0.25, 0.3) is 0 Å². The van der Waals surface area contributed by atoms with E-state index in [1.54, 1.807) is 43.5 Å². The van der Waals surface area contributed by atoms with Crippen LogP contribution in [0.2, 0.25) is 5.02 Å². The molecule has 7 heteroatoms. The fourth-order valence-corrected chi connectivity index (χ4v) is 4.13. The van der Waals surface area contributed by atoms with E-state index in [9.17, 15) is 14.7 Å². The number of ether oxygens (including phenoxy) is 2. The maximum atomic E-state index is 13.6. The van der Waals surface area contributed by atoms with Gasteiger partial charge in [0.05, 0.1) is 18.2 Å². The van der Waals surface area contributed by atoms with Gasteiger partial charge in [-0.1, -0.05) is 23.7 Å². The molecule has 1 aromatic heterocycles. The second-order valence-electron chi connectivity index (χ2n) is 8.83. The van der Waals surface area contributed by atoms with E-state index >= 15 is 0 Å². The van der Waals surface area contributed by atoms with Crippen molar-refractivity contribution in [3.8, 4) is 11.5 Å². The van der Waals surface area contributed by atoms with Gasteiger partial charge in [-0.3, -0.25) is 4.79 Å². The Bertz CT molecular complexity index is 1400. The maximum absolute atomic E-state index is 13.6. The van der Waals surface area contributed by atoms with Crippen molar-refractivity contribution in [2.24, 2.45) is 0 Å². The first-order valence-corrected chi connectivity index (χ1v) is 11.5. The molecule has 3 aromatic carbocycles. The van der Waals surface area contributed by atoms with Gasteiger partial charge in [0.1, 0.15) is 11.5 Å². The normalized spacial score (nSPS) is 11.5. The van der Waals surface area contributed by atoms with Crippen molar-refractivity contribution >= 4 is 34.3 Å². The van der Waals surface area contributed by atoms with Crippen LogP contribution in [0.1, 0.15) is 41.0 Å². The first-order valence-electron chi connectivity index (χ1n) is 11.1. The predicted octanol–water partition coefficient (Wildman–Crippen LogP) is 6.13. The number of aromatic nitrogens is 1. The van der Waals surface area contributed by atoms with Crippen molar-refractivity contribution in [3.63, 3.8) is 0 Å². The van der Waals surface area contributed by atoms with Gasteiger partial charge < -0.3 is 19.1 Å². The van der Waals surface area contributed by atoms with Crippen LogP contribution in [0, 0.1) is 6.92 Å². The summed E-state index contributed by atoms with van der Waals surface area (Å²) in [7, 11) is 1.58. The highest BCUT2D eigenvalue weighted by atomic mass is 35.5. The van der Waals surface area contributed by atoms with E-state index in [2.05, 4.69) is 0 Å². The molecule has 0 bridgehead atoms. The van der Waals surface area contributed by atoms with Crippen LogP contribution >= 0.6 is 11.6 Å². The van der Waals surface area contributed by atoms with Gasteiger partial charge in [-0.05, 0) is 74.9 Å². The molecule has 35 heavy (non-hydrogen) atoms. The van der Waals surface area contributed by atoms with Crippen LogP contribution in [0.15, 0.2) is 66.7 Å². The highest BCUT2D eigenvalue weighted by Gasteiger charge is 2.30. The zero-order chi connectivity index (χ0) is 25.3. The third-order valence-corrected chi connectivity index (χ3v) is 6.27. The van der Waals surface area contributed by atoms with Crippen molar-refractivity contribution in [3.05, 3.63) is 94.1 Å². The highest BCUT2D eigenvalue weighted by molar-refractivity contribution is 6.30. The number of aliphatic carboxylic acids is 1. The zero-order valence-corrected chi connectivity index (χ0v) is 20.7. The van der Waals surface area contributed by atoms with Crippen molar-refractivity contribution in [1.29, 1.82) is 0 Å². The number of hydrogen-bond acceptors (Lipinski definition) is 4. The van der Waals surface area contributed by atoms with Crippen LogP contribution in [-0.4, -0.2) is 34.1 Å². The third-order valence-electron chi connectivity index (χ3n) is 6.02. The number of fused-ring (bicyclic) bond motifs is 1. The van der Waals surface area contributed by atoms with E-state index in [0.29, 0.717) is 34.2 Å². The molecule has 0 saturated heterocycles. The summed E-state index contributed by atoms with van der Waals surface area (Å²) in [5.74, 6) is -0.0975. The number of carboxylic acid groups (broad SMARTS) is 1. The third kappa shape index (κ3) is 4.88. The minimum Gasteiger partial charge on any atom is -0.497 e. The lowest BCUT2D eigenvalue weighted by atomic mass is 10.0. The molecule has 0 aliphatic carbocycles. The van der Waals surface area contributed by atoms with Crippen LogP contribution in [-0.2, 0) is 11.3 Å². The molecule has 4 rings (SSSR count). The number of nitrogens with zero attached hydrogens (tertiary/aromatic N) is 1. The monoisotopic (exact) mass is 491 g/mol. The second kappa shape index (κ2) is 9.47. The molecular weight excluding hydrogens is 466 g/mol. The molecule has 180 valence electrons. The molecule has 0 unspecified atom stereocenters. The number of carbonyl (C=O) groups excluding carboxylic acids is 1. The first-order chi connectivity index (χ1) is 16.6. The summed E-state index contributed by atoms with van der Waals surface area (Å²) in [6.07, 6.45) is 0. The number of rotatable bonds is 8. The quantitative estimate of drug-likeness (QED) is 0.300. The molecule has 0 saturated carbocycles. The molecule has 0 fully saturated rings. The summed E-state index contributed by atoms with van der Waals surface area (Å²) in [6.45, 7) is 5.40. The van der Waals surface area contributed by atoms with Gasteiger partial charge in [-0.25, -0.2) is 4.79 Å². The number of carbonyl (C=O) groups is 2. The Hall–Kier alpha value is -3.77. The zero-order valence-electron chi connectivity index (χ0n) is 20.0. The molecule has 1 N–H and O–H groups in total. The van der Waals surface area contributed by atoms with Crippen molar-refractivity contribution < 1.29 is 24.2 Å². The SMILES string of the molecule is COc1ccc(C(=O)c2c(C)n(Cc3ccc(Cl)cc3)c3cc(OC(C)(C)C(=O)O)ccc23)cc1. The molecule has 0 aliphatic rings. The number of methoxy groups -OCH3 is 1. The van der Waals surface area contributed by atoms with E-state index in [1.165, 1.54) is 13.8 Å². The minimum absolute atomic E-state index is 0.107. The van der Waals surface area contributed by atoms with E-state index in [-0.39, 0.29) is 5.78 Å². The van der Waals surface area contributed by atoms with Crippen LogP contribution in [0.4, 0.5) is 0 Å². The van der Waals surface area contributed by atoms with Crippen LogP contribution in [0.5, 0.6) is 11.5 Å². The highest BCUT2D eigenvalue weighted by Crippen LogP contribution is 2.33. The molecular formula is C28H26ClNO5. The molecule has 0 atom stereocenters. The molecule has 0 radical (unpaired) electrons. The van der Waals surface area contributed by atoms with Crippen molar-refractivity contribution in [2.75, 3.05) is 7.11 Å². The summed E-state index contributed by atoms with van der Waals surface area (Å²) in [4.78, 5) is 25.2. The van der Waals surface area contributed by atoms with Crippen molar-refractivity contribution in [2.45, 2.75) is 32.9 Å².